The van der Waals surface area contributed by atoms with Crippen LogP contribution in [0.5, 0.6) is 0 Å². The lowest BCUT2D eigenvalue weighted by Crippen LogP contribution is -2.36. The van der Waals surface area contributed by atoms with Crippen molar-refractivity contribution in [2.75, 3.05) is 18.4 Å². The van der Waals surface area contributed by atoms with Crippen LogP contribution >= 0.6 is 0 Å². The van der Waals surface area contributed by atoms with Gasteiger partial charge in [-0.15, -0.1) is 0 Å². The molecule has 3 N–H and O–H groups in total. The number of benzene rings is 1. The van der Waals surface area contributed by atoms with Gasteiger partial charge < -0.3 is 5.32 Å². The Morgan fingerprint density at radius 1 is 0.966 bits per heavy atom. The summed E-state index contributed by atoms with van der Waals surface area (Å²) < 4.78 is 54.0. The van der Waals surface area contributed by atoms with Crippen molar-refractivity contribution in [2.24, 2.45) is 0 Å². The molecule has 1 aromatic carbocycles. The lowest BCUT2D eigenvalue weighted by molar-refractivity contribution is 0.412. The first kappa shape index (κ1) is 24.1. The SMILES string of the molecule is CC(C)S(=O)(=O)NCCCCCNc1cccc(S(=O)(=O)NC2CCCCC2)c1. The zero-order valence-electron chi connectivity index (χ0n) is 17.5. The van der Waals surface area contributed by atoms with Gasteiger partial charge >= 0.3 is 0 Å². The van der Waals surface area contributed by atoms with Crippen molar-refractivity contribution in [1.29, 1.82) is 0 Å². The summed E-state index contributed by atoms with van der Waals surface area (Å²) in [5, 5.41) is 2.84. The third-order valence-electron chi connectivity index (χ3n) is 5.18. The number of hydrogen-bond acceptors (Lipinski definition) is 5. The Bertz CT molecular complexity index is 833. The van der Waals surface area contributed by atoms with Crippen LogP contribution in [-0.4, -0.2) is 41.2 Å². The van der Waals surface area contributed by atoms with Gasteiger partial charge in [0.15, 0.2) is 0 Å². The molecule has 2 rings (SSSR count). The molecule has 0 heterocycles. The van der Waals surface area contributed by atoms with Gasteiger partial charge in [0.25, 0.3) is 0 Å². The zero-order valence-corrected chi connectivity index (χ0v) is 19.1. The highest BCUT2D eigenvalue weighted by Gasteiger charge is 2.22. The standard InChI is InChI=1S/C20H35N3O4S2/c1-17(2)28(24,25)22-15-8-4-7-14-21-19-12-9-13-20(16-19)29(26,27)23-18-10-5-3-6-11-18/h9,12-13,16-18,21-23H,3-8,10-11,14-15H2,1-2H3. The monoisotopic (exact) mass is 445 g/mol. The molecule has 0 unspecified atom stereocenters. The maximum atomic E-state index is 12.6. The number of nitrogens with one attached hydrogen (secondary N) is 3. The molecule has 0 aromatic heterocycles. The fourth-order valence-corrected chi connectivity index (χ4v) is 5.43. The second-order valence-corrected chi connectivity index (χ2v) is 12.0. The van der Waals surface area contributed by atoms with Gasteiger partial charge in [-0.1, -0.05) is 31.7 Å². The smallest absolute Gasteiger partial charge is 0.240 e. The molecule has 1 aromatic rings. The van der Waals surface area contributed by atoms with Crippen LogP contribution in [0.15, 0.2) is 29.2 Å². The number of unbranched alkanes of at least 4 members (excludes halogenated alkanes) is 2. The van der Waals surface area contributed by atoms with Crippen molar-refractivity contribution < 1.29 is 16.8 Å². The molecule has 9 heteroatoms. The molecule has 1 aliphatic rings. The molecule has 0 atom stereocenters. The molecule has 166 valence electrons. The Balaban J connectivity index is 1.74. The molecule has 29 heavy (non-hydrogen) atoms. The lowest BCUT2D eigenvalue weighted by Gasteiger charge is -2.22. The van der Waals surface area contributed by atoms with Crippen LogP contribution in [0.25, 0.3) is 0 Å². The molecule has 0 bridgehead atoms. The van der Waals surface area contributed by atoms with E-state index in [2.05, 4.69) is 14.8 Å². The van der Waals surface area contributed by atoms with E-state index in [-0.39, 0.29) is 10.9 Å². The van der Waals surface area contributed by atoms with Gasteiger partial charge in [-0.3, -0.25) is 0 Å². The predicted molar refractivity (Wildman–Crippen MR) is 118 cm³/mol. The van der Waals surface area contributed by atoms with Gasteiger partial charge in [0.05, 0.1) is 10.1 Å². The molecule has 7 nitrogen and oxygen atoms in total. The van der Waals surface area contributed by atoms with E-state index in [0.717, 1.165) is 50.6 Å². The molecule has 0 spiro atoms. The van der Waals surface area contributed by atoms with E-state index in [1.807, 2.05) is 6.07 Å². The maximum Gasteiger partial charge on any atom is 0.240 e. The van der Waals surface area contributed by atoms with Gasteiger partial charge in [0.2, 0.25) is 20.0 Å². The molecule has 1 fully saturated rings. The van der Waals surface area contributed by atoms with Crippen molar-refractivity contribution in [3.8, 4) is 0 Å². The average Bonchev–Trinajstić information content (AvgIpc) is 2.68. The van der Waals surface area contributed by atoms with Gasteiger partial charge in [-0.25, -0.2) is 26.3 Å². The van der Waals surface area contributed by atoms with E-state index in [1.54, 1.807) is 32.0 Å². The molecular formula is C20H35N3O4S2. The van der Waals surface area contributed by atoms with E-state index in [1.165, 1.54) is 6.42 Å². The van der Waals surface area contributed by atoms with E-state index in [4.69, 9.17) is 0 Å². The quantitative estimate of drug-likeness (QED) is 0.429. The summed E-state index contributed by atoms with van der Waals surface area (Å²) in [5.74, 6) is 0. The van der Waals surface area contributed by atoms with Crippen LogP contribution in [-0.2, 0) is 20.0 Å². The summed E-state index contributed by atoms with van der Waals surface area (Å²) >= 11 is 0. The Kier molecular flexibility index (Phi) is 9.39. The van der Waals surface area contributed by atoms with Crippen LogP contribution in [0, 0.1) is 0 Å². The van der Waals surface area contributed by atoms with Gasteiger partial charge in [-0.2, -0.15) is 0 Å². The van der Waals surface area contributed by atoms with Crippen molar-refractivity contribution in [1.82, 2.24) is 9.44 Å². The summed E-state index contributed by atoms with van der Waals surface area (Å²) in [7, 11) is -6.69. The first-order valence-corrected chi connectivity index (χ1v) is 13.6. The molecular weight excluding hydrogens is 410 g/mol. The minimum absolute atomic E-state index is 0.0403. The van der Waals surface area contributed by atoms with Gasteiger partial charge in [0.1, 0.15) is 0 Å². The number of hydrogen-bond donors (Lipinski definition) is 3. The molecule has 1 aliphatic carbocycles. The summed E-state index contributed by atoms with van der Waals surface area (Å²) in [5.41, 5.74) is 0.775. The number of sulfonamides is 2. The highest BCUT2D eigenvalue weighted by Crippen LogP contribution is 2.21. The van der Waals surface area contributed by atoms with Crippen molar-refractivity contribution >= 4 is 25.7 Å². The van der Waals surface area contributed by atoms with Crippen molar-refractivity contribution in [3.05, 3.63) is 24.3 Å². The van der Waals surface area contributed by atoms with E-state index in [9.17, 15) is 16.8 Å². The fourth-order valence-electron chi connectivity index (χ4n) is 3.32. The highest BCUT2D eigenvalue weighted by molar-refractivity contribution is 7.90. The Labute approximate surface area is 176 Å². The normalized spacial score (nSPS) is 16.2. The summed E-state index contributed by atoms with van der Waals surface area (Å²) in [6.45, 7) is 4.47. The largest absolute Gasteiger partial charge is 0.385 e. The number of anilines is 1. The van der Waals surface area contributed by atoms with Crippen molar-refractivity contribution in [2.45, 2.75) is 81.4 Å². The van der Waals surface area contributed by atoms with Gasteiger partial charge in [0, 0.05) is 24.8 Å². The van der Waals surface area contributed by atoms with Crippen LogP contribution in [0.1, 0.15) is 65.2 Å². The molecule has 0 amide bonds. The topological polar surface area (TPSA) is 104 Å². The van der Waals surface area contributed by atoms with E-state index in [0.29, 0.717) is 13.1 Å². The third kappa shape index (κ3) is 8.24. The van der Waals surface area contributed by atoms with Crippen LogP contribution in [0.4, 0.5) is 5.69 Å². The third-order valence-corrected chi connectivity index (χ3v) is 8.54. The lowest BCUT2D eigenvalue weighted by atomic mass is 9.96. The highest BCUT2D eigenvalue weighted by atomic mass is 32.2. The predicted octanol–water partition coefficient (Wildman–Crippen LogP) is 3.21. The van der Waals surface area contributed by atoms with E-state index < -0.39 is 25.3 Å². The van der Waals surface area contributed by atoms with Crippen molar-refractivity contribution in [3.63, 3.8) is 0 Å². The van der Waals surface area contributed by atoms with Gasteiger partial charge in [-0.05, 0) is 57.7 Å². The van der Waals surface area contributed by atoms with E-state index >= 15 is 0 Å². The summed E-state index contributed by atoms with van der Waals surface area (Å²) in [6.07, 6.45) is 7.68. The zero-order chi connectivity index (χ0) is 21.3. The molecule has 0 aliphatic heterocycles. The maximum absolute atomic E-state index is 12.6. The minimum atomic E-state index is -3.50. The molecule has 0 radical (unpaired) electrons. The fraction of sp³-hybridized carbons (Fsp3) is 0.700. The molecule has 1 saturated carbocycles. The Hall–Kier alpha value is -1.16. The Morgan fingerprint density at radius 2 is 1.66 bits per heavy atom. The number of rotatable bonds is 12. The second kappa shape index (κ2) is 11.3. The second-order valence-electron chi connectivity index (χ2n) is 7.96. The average molecular weight is 446 g/mol. The molecule has 0 saturated heterocycles. The summed E-state index contributed by atoms with van der Waals surface area (Å²) in [6, 6.07) is 6.94. The first-order chi connectivity index (χ1) is 13.7. The van der Waals surface area contributed by atoms with Crippen LogP contribution < -0.4 is 14.8 Å². The van der Waals surface area contributed by atoms with Crippen LogP contribution in [0.3, 0.4) is 0 Å². The summed E-state index contributed by atoms with van der Waals surface area (Å²) in [4.78, 5) is 0.288. The Morgan fingerprint density at radius 3 is 2.34 bits per heavy atom. The minimum Gasteiger partial charge on any atom is -0.385 e. The first-order valence-electron chi connectivity index (χ1n) is 10.6. The van der Waals surface area contributed by atoms with Crippen LogP contribution in [0.2, 0.25) is 0 Å².